The van der Waals surface area contributed by atoms with E-state index in [9.17, 15) is 4.79 Å². The van der Waals surface area contributed by atoms with Crippen molar-refractivity contribution in [3.05, 3.63) is 47.5 Å². The van der Waals surface area contributed by atoms with Crippen molar-refractivity contribution in [3.63, 3.8) is 0 Å². The summed E-state index contributed by atoms with van der Waals surface area (Å²) in [4.78, 5) is 12.0. The van der Waals surface area contributed by atoms with Crippen LogP contribution in [0.3, 0.4) is 0 Å². The Hall–Kier alpha value is -3.17. The minimum Gasteiger partial charge on any atom is -0.454 e. The van der Waals surface area contributed by atoms with E-state index >= 15 is 0 Å². The minimum absolute atomic E-state index is 0.0181. The lowest BCUT2D eigenvalue weighted by Gasteiger charge is -2.03. The number of fused-ring (bicyclic) bond motifs is 2. The standard InChI is InChI=1S/C20H16O6/c21-16(8-15-4-6-18-20(10-15)26-13-24-18)11-22-7-1-2-14-3-5-17-19(9-14)25-12-23-17/h3-6,9-10H,7-8,11-13H2. The predicted molar refractivity (Wildman–Crippen MR) is 91.5 cm³/mol. The van der Waals surface area contributed by atoms with Crippen LogP contribution in [0.5, 0.6) is 23.0 Å². The largest absolute Gasteiger partial charge is 0.454 e. The van der Waals surface area contributed by atoms with E-state index in [4.69, 9.17) is 23.7 Å². The summed E-state index contributed by atoms with van der Waals surface area (Å²) in [6, 6.07) is 11.0. The van der Waals surface area contributed by atoms with Gasteiger partial charge >= 0.3 is 0 Å². The molecule has 26 heavy (non-hydrogen) atoms. The van der Waals surface area contributed by atoms with Gasteiger partial charge in [0, 0.05) is 12.0 Å². The van der Waals surface area contributed by atoms with Gasteiger partial charge in [0.2, 0.25) is 13.6 Å². The summed E-state index contributed by atoms with van der Waals surface area (Å²) in [5, 5.41) is 0. The number of rotatable bonds is 5. The average molecular weight is 352 g/mol. The molecule has 0 N–H and O–H groups in total. The summed E-state index contributed by atoms with van der Waals surface area (Å²) in [7, 11) is 0. The number of hydrogen-bond acceptors (Lipinski definition) is 6. The van der Waals surface area contributed by atoms with Crippen LogP contribution >= 0.6 is 0 Å². The molecule has 0 spiro atoms. The summed E-state index contributed by atoms with van der Waals surface area (Å²) >= 11 is 0. The van der Waals surface area contributed by atoms with Crippen LogP contribution in [-0.2, 0) is 16.0 Å². The van der Waals surface area contributed by atoms with Gasteiger partial charge in [-0.2, -0.15) is 0 Å². The first-order chi connectivity index (χ1) is 12.8. The highest BCUT2D eigenvalue weighted by molar-refractivity contribution is 5.82. The van der Waals surface area contributed by atoms with Gasteiger partial charge in [-0.3, -0.25) is 4.79 Å². The lowest BCUT2D eigenvalue weighted by atomic mass is 10.1. The van der Waals surface area contributed by atoms with Gasteiger partial charge in [-0.15, -0.1) is 0 Å². The van der Waals surface area contributed by atoms with Gasteiger partial charge in [-0.25, -0.2) is 0 Å². The molecule has 0 radical (unpaired) electrons. The molecule has 6 heteroatoms. The van der Waals surface area contributed by atoms with E-state index in [1.807, 2.05) is 36.4 Å². The van der Waals surface area contributed by atoms with E-state index < -0.39 is 0 Å². The van der Waals surface area contributed by atoms with Crippen LogP contribution in [0.1, 0.15) is 11.1 Å². The molecule has 6 nitrogen and oxygen atoms in total. The molecule has 2 aliphatic heterocycles. The highest BCUT2D eigenvalue weighted by Gasteiger charge is 2.14. The lowest BCUT2D eigenvalue weighted by Crippen LogP contribution is -2.11. The molecule has 0 aromatic heterocycles. The van der Waals surface area contributed by atoms with Crippen LogP contribution in [0.25, 0.3) is 0 Å². The quantitative estimate of drug-likeness (QED) is 0.608. The Kier molecular flexibility index (Phi) is 4.63. The molecule has 2 aromatic carbocycles. The summed E-state index contributed by atoms with van der Waals surface area (Å²) in [5.41, 5.74) is 1.68. The van der Waals surface area contributed by atoms with Gasteiger partial charge in [0.25, 0.3) is 0 Å². The normalized spacial score (nSPS) is 13.2. The predicted octanol–water partition coefficient (Wildman–Crippen LogP) is 2.32. The van der Waals surface area contributed by atoms with Crippen LogP contribution in [-0.4, -0.2) is 32.6 Å². The SMILES string of the molecule is O=C(COCC#Cc1ccc2c(c1)OCO2)Cc1ccc2c(c1)OCO2. The zero-order chi connectivity index (χ0) is 17.8. The van der Waals surface area contributed by atoms with Gasteiger partial charge in [0.1, 0.15) is 13.2 Å². The fourth-order valence-electron chi connectivity index (χ4n) is 2.66. The summed E-state index contributed by atoms with van der Waals surface area (Å²) < 4.78 is 26.4. The highest BCUT2D eigenvalue weighted by Crippen LogP contribution is 2.33. The topological polar surface area (TPSA) is 63.2 Å². The molecule has 0 aliphatic carbocycles. The minimum atomic E-state index is -0.0197. The van der Waals surface area contributed by atoms with Crippen molar-refractivity contribution in [2.75, 3.05) is 26.8 Å². The Labute approximate surface area is 150 Å². The van der Waals surface area contributed by atoms with Crippen molar-refractivity contribution in [1.82, 2.24) is 0 Å². The molecular formula is C20H16O6. The van der Waals surface area contributed by atoms with E-state index in [0.717, 1.165) is 16.9 Å². The number of hydrogen-bond donors (Lipinski definition) is 0. The number of carbonyl (C=O) groups excluding carboxylic acids is 1. The monoisotopic (exact) mass is 352 g/mol. The molecule has 0 unspecified atom stereocenters. The molecule has 132 valence electrons. The fraction of sp³-hybridized carbons (Fsp3) is 0.250. The van der Waals surface area contributed by atoms with Crippen molar-refractivity contribution in [1.29, 1.82) is 0 Å². The molecule has 2 aliphatic rings. The highest BCUT2D eigenvalue weighted by atomic mass is 16.7. The van der Waals surface area contributed by atoms with E-state index in [1.165, 1.54) is 0 Å². The van der Waals surface area contributed by atoms with Gasteiger partial charge in [-0.05, 0) is 35.9 Å². The fourth-order valence-corrected chi connectivity index (χ4v) is 2.66. The maximum atomic E-state index is 12.0. The third-order valence-corrected chi connectivity index (χ3v) is 3.88. The maximum Gasteiger partial charge on any atom is 0.231 e. The molecular weight excluding hydrogens is 336 g/mol. The Balaban J connectivity index is 1.23. The molecule has 0 saturated carbocycles. The first-order valence-electron chi connectivity index (χ1n) is 8.14. The van der Waals surface area contributed by atoms with Gasteiger partial charge < -0.3 is 23.7 Å². The molecule has 0 saturated heterocycles. The van der Waals surface area contributed by atoms with E-state index in [1.54, 1.807) is 0 Å². The first kappa shape index (κ1) is 16.3. The number of ether oxygens (including phenoxy) is 5. The van der Waals surface area contributed by atoms with Crippen molar-refractivity contribution in [3.8, 4) is 34.8 Å². The summed E-state index contributed by atoms with van der Waals surface area (Å²) in [6.45, 7) is 0.657. The molecule has 0 atom stereocenters. The smallest absolute Gasteiger partial charge is 0.231 e. The number of ketones is 1. The summed E-state index contributed by atoms with van der Waals surface area (Å²) in [5.74, 6) is 8.63. The zero-order valence-electron chi connectivity index (χ0n) is 13.9. The first-order valence-corrected chi connectivity index (χ1v) is 8.14. The van der Waals surface area contributed by atoms with E-state index in [-0.39, 0.29) is 39.0 Å². The van der Waals surface area contributed by atoms with Gasteiger partial charge in [-0.1, -0.05) is 17.9 Å². The Bertz CT molecular complexity index is 893. The van der Waals surface area contributed by atoms with E-state index in [0.29, 0.717) is 17.2 Å². The van der Waals surface area contributed by atoms with Crippen molar-refractivity contribution in [2.45, 2.75) is 6.42 Å². The van der Waals surface area contributed by atoms with Crippen molar-refractivity contribution >= 4 is 5.78 Å². The second-order valence-electron chi connectivity index (χ2n) is 5.77. The average Bonchev–Trinajstić information content (AvgIpc) is 3.29. The van der Waals surface area contributed by atoms with E-state index in [2.05, 4.69) is 11.8 Å². The van der Waals surface area contributed by atoms with Gasteiger partial charge in [0.15, 0.2) is 28.8 Å². The third-order valence-electron chi connectivity index (χ3n) is 3.88. The maximum absolute atomic E-state index is 12.0. The molecule has 4 rings (SSSR count). The molecule has 2 heterocycles. The zero-order valence-corrected chi connectivity index (χ0v) is 13.9. The molecule has 0 bridgehead atoms. The number of Topliss-reactive ketones (excluding diaryl/α,β-unsaturated/α-hetero) is 1. The lowest BCUT2D eigenvalue weighted by molar-refractivity contribution is -0.122. The molecule has 0 amide bonds. The Morgan fingerprint density at radius 2 is 1.62 bits per heavy atom. The number of benzene rings is 2. The third kappa shape index (κ3) is 3.73. The van der Waals surface area contributed by atoms with Crippen LogP contribution in [0.4, 0.5) is 0 Å². The van der Waals surface area contributed by atoms with Crippen molar-refractivity contribution in [2.24, 2.45) is 0 Å². The second kappa shape index (κ2) is 7.38. The Morgan fingerprint density at radius 1 is 0.923 bits per heavy atom. The Morgan fingerprint density at radius 3 is 2.42 bits per heavy atom. The van der Waals surface area contributed by atoms with Crippen LogP contribution in [0.2, 0.25) is 0 Å². The van der Waals surface area contributed by atoms with Gasteiger partial charge in [0.05, 0.1) is 0 Å². The molecule has 2 aromatic rings. The van der Waals surface area contributed by atoms with Crippen LogP contribution in [0.15, 0.2) is 36.4 Å². The van der Waals surface area contributed by atoms with Crippen molar-refractivity contribution < 1.29 is 28.5 Å². The van der Waals surface area contributed by atoms with Crippen LogP contribution in [0, 0.1) is 11.8 Å². The second-order valence-corrected chi connectivity index (χ2v) is 5.77. The number of carbonyl (C=O) groups is 1. The summed E-state index contributed by atoms with van der Waals surface area (Å²) in [6.07, 6.45) is 0.284. The molecule has 0 fully saturated rings. The van der Waals surface area contributed by atoms with Crippen LogP contribution < -0.4 is 18.9 Å².